The molecule has 13 rings (SSSR count). The Morgan fingerprint density at radius 2 is 0.690 bits per heavy atom. The Morgan fingerprint density at radius 1 is 0.259 bits per heavy atom. The molecule has 0 fully saturated rings. The molecule has 0 aliphatic rings. The zero-order valence-corrected chi connectivity index (χ0v) is 32.1. The first-order valence-electron chi connectivity index (χ1n) is 19.8. The van der Waals surface area contributed by atoms with Gasteiger partial charge in [-0.05, 0) is 90.0 Å². The molecule has 4 heterocycles. The lowest BCUT2D eigenvalue weighted by atomic mass is 10.0. The van der Waals surface area contributed by atoms with Crippen molar-refractivity contribution in [2.75, 3.05) is 0 Å². The highest BCUT2D eigenvalue weighted by Gasteiger charge is 2.20. The molecule has 3 nitrogen and oxygen atoms in total. The average molecular weight is 756 g/mol. The van der Waals surface area contributed by atoms with Gasteiger partial charge in [-0.1, -0.05) is 121 Å². The van der Waals surface area contributed by atoms with Crippen molar-refractivity contribution in [1.82, 2.24) is 13.7 Å². The predicted molar refractivity (Wildman–Crippen MR) is 248 cm³/mol. The first-order valence-corrected chi connectivity index (χ1v) is 20.7. The lowest BCUT2D eigenvalue weighted by molar-refractivity contribution is 1.13. The molecule has 0 radical (unpaired) electrons. The number of hydrogen-bond donors (Lipinski definition) is 0. The maximum atomic E-state index is 2.44. The highest BCUT2D eigenvalue weighted by molar-refractivity contribution is 7.26. The summed E-state index contributed by atoms with van der Waals surface area (Å²) in [4.78, 5) is 0. The van der Waals surface area contributed by atoms with E-state index < -0.39 is 0 Å². The van der Waals surface area contributed by atoms with Crippen molar-refractivity contribution in [1.29, 1.82) is 0 Å². The molecule has 0 saturated heterocycles. The summed E-state index contributed by atoms with van der Waals surface area (Å²) in [6.07, 6.45) is 0. The molecule has 0 spiro atoms. The number of aromatic nitrogens is 3. The van der Waals surface area contributed by atoms with Crippen LogP contribution in [0.3, 0.4) is 0 Å². The molecule has 13 aromatic rings. The molecule has 9 aromatic carbocycles. The molecular weight excluding hydrogens is 723 g/mol. The van der Waals surface area contributed by atoms with Crippen molar-refractivity contribution in [2.24, 2.45) is 0 Å². The third-order valence-electron chi connectivity index (χ3n) is 12.2. The molecule has 4 aromatic heterocycles. The number of fused-ring (bicyclic) bond motifs is 13. The summed E-state index contributed by atoms with van der Waals surface area (Å²) in [6.45, 7) is 0. The molecule has 4 heteroatoms. The lowest BCUT2D eigenvalue weighted by Crippen LogP contribution is -2.00. The third kappa shape index (κ3) is 4.43. The zero-order chi connectivity index (χ0) is 37.9. The van der Waals surface area contributed by atoms with Gasteiger partial charge in [-0.2, -0.15) is 0 Å². The fourth-order valence-electron chi connectivity index (χ4n) is 9.78. The normalized spacial score (nSPS) is 12.1. The van der Waals surface area contributed by atoms with Gasteiger partial charge in [0.1, 0.15) is 0 Å². The molecule has 0 amide bonds. The first kappa shape index (κ1) is 31.8. The van der Waals surface area contributed by atoms with Gasteiger partial charge in [0.15, 0.2) is 0 Å². The number of benzene rings is 9. The van der Waals surface area contributed by atoms with Gasteiger partial charge in [-0.25, -0.2) is 0 Å². The molecule has 0 saturated carbocycles. The fourth-order valence-corrected chi connectivity index (χ4v) is 10.9. The summed E-state index contributed by atoms with van der Waals surface area (Å²) in [5.74, 6) is 0. The quantitative estimate of drug-likeness (QED) is 0.170. The van der Waals surface area contributed by atoms with E-state index in [-0.39, 0.29) is 0 Å². The lowest BCUT2D eigenvalue weighted by Gasteiger charge is -2.16. The number of thiophene rings is 1. The van der Waals surface area contributed by atoms with E-state index in [1.54, 1.807) is 0 Å². The minimum Gasteiger partial charge on any atom is -0.309 e. The van der Waals surface area contributed by atoms with Crippen LogP contribution in [-0.4, -0.2) is 13.7 Å². The zero-order valence-electron chi connectivity index (χ0n) is 31.3. The fraction of sp³-hybridized carbons (Fsp3) is 0. The van der Waals surface area contributed by atoms with Gasteiger partial charge in [0.2, 0.25) is 0 Å². The molecule has 0 aliphatic heterocycles. The Hall–Kier alpha value is -7.40. The summed E-state index contributed by atoms with van der Waals surface area (Å²) in [6, 6.07) is 73.7. The van der Waals surface area contributed by atoms with Crippen LogP contribution in [0.4, 0.5) is 0 Å². The van der Waals surface area contributed by atoms with Crippen LogP contribution in [-0.2, 0) is 0 Å². The molecular formula is C54H33N3S. The largest absolute Gasteiger partial charge is 0.309 e. The van der Waals surface area contributed by atoms with Crippen LogP contribution >= 0.6 is 11.3 Å². The standard InChI is InChI=1S/C54H33N3S/c1-7-19-45-39(13-1)40-14-2-8-20-46(40)56(45)37-31-35(32-38(33-37)57-47-21-9-3-15-41(47)42-16-4-10-22-48(42)57)34-25-27-36(28-26-34)55-49-23-11-5-17-43(49)53-50(55)29-30-52-54(53)44-18-6-12-24-51(44)58-52/h1-33H. The van der Waals surface area contributed by atoms with Crippen LogP contribution in [0.15, 0.2) is 200 Å². The van der Waals surface area contributed by atoms with Crippen LogP contribution in [0.2, 0.25) is 0 Å². The molecule has 0 bridgehead atoms. The van der Waals surface area contributed by atoms with Gasteiger partial charge < -0.3 is 13.7 Å². The molecule has 0 aliphatic carbocycles. The minimum atomic E-state index is 1.13. The summed E-state index contributed by atoms with van der Waals surface area (Å²) >= 11 is 1.88. The monoisotopic (exact) mass is 755 g/mol. The Bertz CT molecular complexity index is 3560. The summed E-state index contributed by atoms with van der Waals surface area (Å²) in [7, 11) is 0. The van der Waals surface area contributed by atoms with Gasteiger partial charge in [-0.15, -0.1) is 11.3 Å². The van der Waals surface area contributed by atoms with Gasteiger partial charge >= 0.3 is 0 Å². The van der Waals surface area contributed by atoms with Crippen molar-refractivity contribution in [3.8, 4) is 28.2 Å². The van der Waals surface area contributed by atoms with E-state index in [9.17, 15) is 0 Å². The maximum Gasteiger partial charge on any atom is 0.0548 e. The maximum absolute atomic E-state index is 2.44. The van der Waals surface area contributed by atoms with Crippen molar-refractivity contribution < 1.29 is 0 Å². The van der Waals surface area contributed by atoms with E-state index in [0.29, 0.717) is 0 Å². The van der Waals surface area contributed by atoms with Crippen LogP contribution in [0.5, 0.6) is 0 Å². The van der Waals surface area contributed by atoms with Crippen molar-refractivity contribution in [3.05, 3.63) is 200 Å². The minimum absolute atomic E-state index is 1.13. The Morgan fingerprint density at radius 3 is 1.22 bits per heavy atom. The van der Waals surface area contributed by atoms with E-state index in [1.165, 1.54) is 91.2 Å². The summed E-state index contributed by atoms with van der Waals surface area (Å²) < 4.78 is 9.97. The Labute approximate surface area is 337 Å². The molecule has 58 heavy (non-hydrogen) atoms. The Kier molecular flexibility index (Phi) is 6.60. The number of nitrogens with zero attached hydrogens (tertiary/aromatic N) is 3. The van der Waals surface area contributed by atoms with Crippen LogP contribution in [0, 0.1) is 0 Å². The highest BCUT2D eigenvalue weighted by atomic mass is 32.1. The number of para-hydroxylation sites is 5. The van der Waals surface area contributed by atoms with Crippen LogP contribution < -0.4 is 0 Å². The number of rotatable bonds is 4. The second-order valence-corrected chi connectivity index (χ2v) is 16.4. The van der Waals surface area contributed by atoms with Crippen molar-refractivity contribution in [3.63, 3.8) is 0 Å². The van der Waals surface area contributed by atoms with E-state index in [2.05, 4.69) is 214 Å². The van der Waals surface area contributed by atoms with Gasteiger partial charge in [-0.3, -0.25) is 0 Å². The first-order chi connectivity index (χ1) is 28.8. The molecule has 0 N–H and O–H groups in total. The number of hydrogen-bond acceptors (Lipinski definition) is 1. The average Bonchev–Trinajstić information content (AvgIpc) is 4.03. The van der Waals surface area contributed by atoms with Crippen molar-refractivity contribution in [2.45, 2.75) is 0 Å². The van der Waals surface area contributed by atoms with Crippen LogP contribution in [0.25, 0.3) is 114 Å². The Balaban J connectivity index is 1.05. The van der Waals surface area contributed by atoms with E-state index in [1.807, 2.05) is 11.3 Å². The summed E-state index contributed by atoms with van der Waals surface area (Å²) in [5, 5.41) is 10.3. The van der Waals surface area contributed by atoms with E-state index in [0.717, 1.165) is 22.6 Å². The van der Waals surface area contributed by atoms with Gasteiger partial charge in [0.05, 0.1) is 33.1 Å². The van der Waals surface area contributed by atoms with E-state index in [4.69, 9.17) is 0 Å². The second-order valence-electron chi connectivity index (χ2n) is 15.3. The smallest absolute Gasteiger partial charge is 0.0548 e. The van der Waals surface area contributed by atoms with Gasteiger partial charge in [0.25, 0.3) is 0 Å². The highest BCUT2D eigenvalue weighted by Crippen LogP contribution is 2.44. The molecule has 270 valence electrons. The molecule has 0 unspecified atom stereocenters. The topological polar surface area (TPSA) is 14.8 Å². The molecule has 0 atom stereocenters. The predicted octanol–water partition coefficient (Wildman–Crippen LogP) is 15.0. The third-order valence-corrected chi connectivity index (χ3v) is 13.4. The van der Waals surface area contributed by atoms with Crippen molar-refractivity contribution >= 4 is 96.9 Å². The van der Waals surface area contributed by atoms with Gasteiger partial charge in [0, 0.05) is 69.6 Å². The van der Waals surface area contributed by atoms with E-state index >= 15 is 0 Å². The summed E-state index contributed by atoms with van der Waals surface area (Å²) in [5.41, 5.74) is 13.0. The second kappa shape index (κ2) is 12.1. The van der Waals surface area contributed by atoms with Crippen LogP contribution in [0.1, 0.15) is 0 Å². The SMILES string of the molecule is c1ccc2c(c1)sc1ccc3c(c4ccccc4n3-c3ccc(-c4cc(-n5c6ccccc6c6ccccc65)cc(-n5c6ccccc6c6ccccc65)c4)cc3)c12.